The molecule has 4 nitrogen and oxygen atoms in total. The summed E-state index contributed by atoms with van der Waals surface area (Å²) in [6, 6.07) is 0. The zero-order chi connectivity index (χ0) is 11.3. The minimum absolute atomic E-state index is 0.156. The van der Waals surface area contributed by atoms with Crippen molar-refractivity contribution in [2.45, 2.75) is 26.9 Å². The highest BCUT2D eigenvalue weighted by molar-refractivity contribution is 6.28. The van der Waals surface area contributed by atoms with Crippen molar-refractivity contribution in [3.8, 4) is 0 Å². The van der Waals surface area contributed by atoms with Gasteiger partial charge in [-0.05, 0) is 32.4 Å². The number of aryl methyl sites for hydroxylation is 1. The number of nitrogens with one attached hydrogen (secondary N) is 1. The number of hydrogen-bond acceptors (Lipinski definition) is 4. The molecule has 84 valence electrons. The average molecular weight is 230 g/mol. The molecule has 0 aliphatic rings. The van der Waals surface area contributed by atoms with Gasteiger partial charge in [0.1, 0.15) is 5.82 Å². The fraction of sp³-hybridized carbons (Fsp3) is 0.600. The number of ether oxygens (including phenoxy) is 1. The molecule has 0 bridgehead atoms. The molecule has 0 aliphatic carbocycles. The van der Waals surface area contributed by atoms with Crippen molar-refractivity contribution in [2.24, 2.45) is 0 Å². The van der Waals surface area contributed by atoms with Crippen LogP contribution in [0.2, 0.25) is 5.28 Å². The summed E-state index contributed by atoms with van der Waals surface area (Å²) >= 11 is 5.70. The SMILES string of the molecule is CCOC(C)CNc1nc(Cl)ncc1C. The Labute approximate surface area is 95.0 Å². The standard InChI is InChI=1S/C10H16ClN3O/c1-4-15-8(3)6-12-9-7(2)5-13-10(11)14-9/h5,8H,4,6H2,1-3H3,(H,12,13,14). The first-order valence-corrected chi connectivity index (χ1v) is 5.36. The number of hydrogen-bond donors (Lipinski definition) is 1. The zero-order valence-corrected chi connectivity index (χ0v) is 10.0. The molecule has 0 fully saturated rings. The highest BCUT2D eigenvalue weighted by atomic mass is 35.5. The fourth-order valence-corrected chi connectivity index (χ4v) is 1.32. The minimum atomic E-state index is 0.156. The predicted molar refractivity (Wildman–Crippen MR) is 61.4 cm³/mol. The maximum Gasteiger partial charge on any atom is 0.224 e. The van der Waals surface area contributed by atoms with Gasteiger partial charge in [0, 0.05) is 24.9 Å². The van der Waals surface area contributed by atoms with Gasteiger partial charge in [-0.2, -0.15) is 0 Å². The molecule has 0 saturated heterocycles. The Bertz CT molecular complexity index is 320. The fourth-order valence-electron chi connectivity index (χ4n) is 1.18. The van der Waals surface area contributed by atoms with Crippen molar-refractivity contribution in [2.75, 3.05) is 18.5 Å². The Morgan fingerprint density at radius 1 is 1.60 bits per heavy atom. The first-order chi connectivity index (χ1) is 7.13. The normalized spacial score (nSPS) is 12.5. The van der Waals surface area contributed by atoms with Gasteiger partial charge in [0.05, 0.1) is 6.10 Å². The van der Waals surface area contributed by atoms with Crippen LogP contribution >= 0.6 is 11.6 Å². The van der Waals surface area contributed by atoms with Crippen LogP contribution < -0.4 is 5.32 Å². The van der Waals surface area contributed by atoms with E-state index in [-0.39, 0.29) is 11.4 Å². The van der Waals surface area contributed by atoms with E-state index >= 15 is 0 Å². The number of aromatic nitrogens is 2. The molecule has 0 radical (unpaired) electrons. The van der Waals surface area contributed by atoms with Crippen LogP contribution in [0.15, 0.2) is 6.20 Å². The van der Waals surface area contributed by atoms with E-state index in [1.807, 2.05) is 20.8 Å². The Morgan fingerprint density at radius 3 is 3.00 bits per heavy atom. The lowest BCUT2D eigenvalue weighted by Gasteiger charge is -2.14. The maximum absolute atomic E-state index is 5.70. The van der Waals surface area contributed by atoms with E-state index in [1.165, 1.54) is 0 Å². The third-order valence-corrected chi connectivity index (χ3v) is 2.13. The Kier molecular flexibility index (Phi) is 4.78. The minimum Gasteiger partial charge on any atom is -0.377 e. The van der Waals surface area contributed by atoms with E-state index in [4.69, 9.17) is 16.3 Å². The molecule has 15 heavy (non-hydrogen) atoms. The van der Waals surface area contributed by atoms with Crippen LogP contribution in [0.3, 0.4) is 0 Å². The second-order valence-corrected chi connectivity index (χ2v) is 3.66. The molecule has 0 saturated carbocycles. The van der Waals surface area contributed by atoms with Gasteiger partial charge in [-0.25, -0.2) is 9.97 Å². The van der Waals surface area contributed by atoms with Gasteiger partial charge in [-0.1, -0.05) is 0 Å². The van der Waals surface area contributed by atoms with Gasteiger partial charge < -0.3 is 10.1 Å². The van der Waals surface area contributed by atoms with Crippen molar-refractivity contribution in [1.29, 1.82) is 0 Å². The first-order valence-electron chi connectivity index (χ1n) is 4.98. The largest absolute Gasteiger partial charge is 0.377 e. The van der Waals surface area contributed by atoms with E-state index in [1.54, 1.807) is 6.20 Å². The van der Waals surface area contributed by atoms with Crippen molar-refractivity contribution >= 4 is 17.4 Å². The monoisotopic (exact) mass is 229 g/mol. The molecule has 1 N–H and O–H groups in total. The summed E-state index contributed by atoms with van der Waals surface area (Å²) in [5.41, 5.74) is 0.975. The summed E-state index contributed by atoms with van der Waals surface area (Å²) in [6.45, 7) is 7.34. The third-order valence-electron chi connectivity index (χ3n) is 1.95. The third kappa shape index (κ3) is 4.01. The summed E-state index contributed by atoms with van der Waals surface area (Å²) in [5, 5.41) is 3.43. The molecule has 0 aromatic carbocycles. The van der Waals surface area contributed by atoms with Gasteiger partial charge in [-0.15, -0.1) is 0 Å². The quantitative estimate of drug-likeness (QED) is 0.787. The highest BCUT2D eigenvalue weighted by Gasteiger charge is 2.04. The van der Waals surface area contributed by atoms with E-state index in [9.17, 15) is 0 Å². The molecule has 0 amide bonds. The molecule has 0 spiro atoms. The van der Waals surface area contributed by atoms with Gasteiger partial charge in [-0.3, -0.25) is 0 Å². The summed E-state index contributed by atoms with van der Waals surface area (Å²) in [5.74, 6) is 0.765. The lowest BCUT2D eigenvalue weighted by atomic mass is 10.3. The summed E-state index contributed by atoms with van der Waals surface area (Å²) < 4.78 is 5.39. The van der Waals surface area contributed by atoms with Crippen LogP contribution in [-0.4, -0.2) is 29.2 Å². The molecule has 0 aliphatic heterocycles. The second kappa shape index (κ2) is 5.88. The molecule has 5 heteroatoms. The van der Waals surface area contributed by atoms with Crippen molar-refractivity contribution in [3.63, 3.8) is 0 Å². The molecule has 1 atom stereocenters. The number of halogens is 1. The molecule has 1 rings (SSSR count). The van der Waals surface area contributed by atoms with Gasteiger partial charge in [0.2, 0.25) is 5.28 Å². The van der Waals surface area contributed by atoms with Gasteiger partial charge in [0.15, 0.2) is 0 Å². The van der Waals surface area contributed by atoms with E-state index < -0.39 is 0 Å². The van der Waals surface area contributed by atoms with E-state index in [0.29, 0.717) is 13.2 Å². The van der Waals surface area contributed by atoms with Gasteiger partial charge >= 0.3 is 0 Å². The maximum atomic E-state index is 5.70. The lowest BCUT2D eigenvalue weighted by molar-refractivity contribution is 0.0855. The van der Waals surface area contributed by atoms with Crippen LogP contribution in [-0.2, 0) is 4.74 Å². The predicted octanol–water partition coefficient (Wildman–Crippen LogP) is 2.28. The van der Waals surface area contributed by atoms with Crippen LogP contribution in [0.1, 0.15) is 19.4 Å². The Balaban J connectivity index is 2.53. The van der Waals surface area contributed by atoms with Crippen molar-refractivity contribution < 1.29 is 4.74 Å². The molecular formula is C10H16ClN3O. The summed E-state index contributed by atoms with van der Waals surface area (Å²) in [7, 11) is 0. The molecule has 1 aromatic heterocycles. The topological polar surface area (TPSA) is 47.0 Å². The Morgan fingerprint density at radius 2 is 2.33 bits per heavy atom. The van der Waals surface area contributed by atoms with Crippen LogP contribution in [0, 0.1) is 6.92 Å². The van der Waals surface area contributed by atoms with Gasteiger partial charge in [0.25, 0.3) is 0 Å². The number of nitrogens with zero attached hydrogens (tertiary/aromatic N) is 2. The molecule has 1 aromatic rings. The van der Waals surface area contributed by atoms with E-state index in [2.05, 4.69) is 15.3 Å². The van der Waals surface area contributed by atoms with E-state index in [0.717, 1.165) is 11.4 Å². The molecule has 1 heterocycles. The van der Waals surface area contributed by atoms with Crippen LogP contribution in [0.25, 0.3) is 0 Å². The smallest absolute Gasteiger partial charge is 0.224 e. The summed E-state index contributed by atoms with van der Waals surface area (Å²) in [4.78, 5) is 7.98. The number of rotatable bonds is 5. The second-order valence-electron chi connectivity index (χ2n) is 3.32. The molecular weight excluding hydrogens is 214 g/mol. The average Bonchev–Trinajstić information content (AvgIpc) is 2.20. The summed E-state index contributed by atoms with van der Waals surface area (Å²) in [6.07, 6.45) is 1.85. The highest BCUT2D eigenvalue weighted by Crippen LogP contribution is 2.12. The van der Waals surface area contributed by atoms with Crippen LogP contribution in [0.4, 0.5) is 5.82 Å². The lowest BCUT2D eigenvalue weighted by Crippen LogP contribution is -2.20. The van der Waals surface area contributed by atoms with Crippen molar-refractivity contribution in [3.05, 3.63) is 17.0 Å². The number of anilines is 1. The first kappa shape index (κ1) is 12.2. The van der Waals surface area contributed by atoms with Crippen molar-refractivity contribution in [1.82, 2.24) is 9.97 Å². The molecule has 1 unspecified atom stereocenters. The zero-order valence-electron chi connectivity index (χ0n) is 9.25. The Hall–Kier alpha value is -0.870. The van der Waals surface area contributed by atoms with Crippen LogP contribution in [0.5, 0.6) is 0 Å².